The van der Waals surface area contributed by atoms with Crippen LogP contribution in [-0.2, 0) is 16.6 Å². The number of nitrogens with zero attached hydrogens (tertiary/aromatic N) is 2. The Morgan fingerprint density at radius 3 is 2.41 bits per heavy atom. The lowest BCUT2D eigenvalue weighted by atomic mass is 9.88. The van der Waals surface area contributed by atoms with Crippen molar-refractivity contribution in [3.8, 4) is 0 Å². The van der Waals surface area contributed by atoms with Crippen LogP contribution in [-0.4, -0.2) is 56.8 Å². The van der Waals surface area contributed by atoms with E-state index in [0.29, 0.717) is 55.0 Å². The highest BCUT2D eigenvalue weighted by molar-refractivity contribution is 7.93. The highest BCUT2D eigenvalue weighted by Gasteiger charge is 2.40. The number of benzene rings is 2. The molecule has 7 nitrogen and oxygen atoms in total. The van der Waals surface area contributed by atoms with Gasteiger partial charge in [-0.2, -0.15) is 0 Å². The van der Waals surface area contributed by atoms with Crippen LogP contribution in [0.2, 0.25) is 5.02 Å². The number of sulfonamides is 1. The van der Waals surface area contributed by atoms with Gasteiger partial charge in [-0.3, -0.25) is 14.5 Å². The molecule has 1 saturated heterocycles. The molecule has 1 aliphatic carbocycles. The van der Waals surface area contributed by atoms with Crippen LogP contribution in [0.25, 0.3) is 0 Å². The van der Waals surface area contributed by atoms with E-state index in [1.807, 2.05) is 0 Å². The number of hydrazine groups is 1. The molecule has 2 fully saturated rings. The highest BCUT2D eigenvalue weighted by Crippen LogP contribution is 2.34. The van der Waals surface area contributed by atoms with Gasteiger partial charge >= 0.3 is 0 Å². The summed E-state index contributed by atoms with van der Waals surface area (Å²) in [4.78, 5) is 14.2. The van der Waals surface area contributed by atoms with Crippen molar-refractivity contribution in [1.82, 2.24) is 15.8 Å². The van der Waals surface area contributed by atoms with E-state index in [-0.39, 0.29) is 18.5 Å². The summed E-state index contributed by atoms with van der Waals surface area (Å²) < 4.78 is 42.3. The van der Waals surface area contributed by atoms with Gasteiger partial charge in [0.1, 0.15) is 6.17 Å². The maximum absolute atomic E-state index is 13.8. The Kier molecular flexibility index (Phi) is 7.77. The first kappa shape index (κ1) is 24.9. The van der Waals surface area contributed by atoms with Crippen LogP contribution >= 0.6 is 11.6 Å². The smallest absolute Gasteiger partial charge is 0.265 e. The van der Waals surface area contributed by atoms with Crippen molar-refractivity contribution in [2.75, 3.05) is 24.4 Å². The minimum atomic E-state index is -3.69. The summed E-state index contributed by atoms with van der Waals surface area (Å²) >= 11 is 6.19. The van der Waals surface area contributed by atoms with Gasteiger partial charge in [0.15, 0.2) is 0 Å². The Labute approximate surface area is 205 Å². The molecule has 2 aliphatic rings. The molecule has 0 atom stereocenters. The molecule has 2 N–H and O–H groups in total. The van der Waals surface area contributed by atoms with Crippen molar-refractivity contribution in [3.63, 3.8) is 0 Å². The number of amides is 1. The number of nitrogens with one attached hydrogen (secondary N) is 2. The molecule has 184 valence electrons. The molecule has 2 aromatic carbocycles. The van der Waals surface area contributed by atoms with Crippen LogP contribution in [0.5, 0.6) is 0 Å². The van der Waals surface area contributed by atoms with Gasteiger partial charge in [-0.05, 0) is 74.7 Å². The fraction of sp³-hybridized carbons (Fsp3) is 0.458. The summed E-state index contributed by atoms with van der Waals surface area (Å²) in [5, 5.41) is -0.0676. The van der Waals surface area contributed by atoms with E-state index in [1.54, 1.807) is 55.6 Å². The maximum atomic E-state index is 13.8. The van der Waals surface area contributed by atoms with E-state index in [9.17, 15) is 17.6 Å². The summed E-state index contributed by atoms with van der Waals surface area (Å²) in [7, 11) is -2.09. The monoisotopic (exact) mass is 508 g/mol. The SMILES string of the molecule is CNNC(=O)c1ccc(CN(c2cccc(Cl)c2)S(=O)(=O)C2CCN(C3CC(F)C3)CC2)cc1. The predicted molar refractivity (Wildman–Crippen MR) is 132 cm³/mol. The van der Waals surface area contributed by atoms with Gasteiger partial charge in [0.2, 0.25) is 10.0 Å². The molecular formula is C24H30ClFN4O3S. The second-order valence-corrected chi connectivity index (χ2v) is 11.5. The lowest BCUT2D eigenvalue weighted by Crippen LogP contribution is -2.52. The van der Waals surface area contributed by atoms with E-state index >= 15 is 0 Å². The number of hydrogen-bond donors (Lipinski definition) is 2. The van der Waals surface area contributed by atoms with E-state index in [1.165, 1.54) is 4.31 Å². The number of carbonyl (C=O) groups is 1. The van der Waals surface area contributed by atoms with Gasteiger partial charge in [0.05, 0.1) is 17.5 Å². The zero-order chi connectivity index (χ0) is 24.3. The first-order valence-electron chi connectivity index (χ1n) is 11.5. The van der Waals surface area contributed by atoms with E-state index in [4.69, 9.17) is 11.6 Å². The molecule has 1 amide bonds. The van der Waals surface area contributed by atoms with Crippen molar-refractivity contribution in [3.05, 3.63) is 64.7 Å². The number of piperidine rings is 1. The number of likely N-dealkylation sites (tertiary alicyclic amines) is 1. The Morgan fingerprint density at radius 2 is 1.82 bits per heavy atom. The van der Waals surface area contributed by atoms with Crippen LogP contribution in [0.4, 0.5) is 10.1 Å². The van der Waals surface area contributed by atoms with Crippen LogP contribution in [0.3, 0.4) is 0 Å². The second-order valence-electron chi connectivity index (χ2n) is 8.89. The largest absolute Gasteiger partial charge is 0.300 e. The molecule has 0 unspecified atom stereocenters. The minimum Gasteiger partial charge on any atom is -0.300 e. The predicted octanol–water partition coefficient (Wildman–Crippen LogP) is 3.51. The van der Waals surface area contributed by atoms with E-state index in [0.717, 1.165) is 5.56 Å². The molecule has 0 spiro atoms. The molecule has 1 saturated carbocycles. The Hall–Kier alpha value is -2.20. The molecular weight excluding hydrogens is 479 g/mol. The van der Waals surface area contributed by atoms with Crippen LogP contribution in [0.15, 0.2) is 48.5 Å². The van der Waals surface area contributed by atoms with Crippen LogP contribution in [0, 0.1) is 0 Å². The van der Waals surface area contributed by atoms with Gasteiger partial charge in [-0.1, -0.05) is 29.8 Å². The molecule has 2 aromatic rings. The van der Waals surface area contributed by atoms with E-state index < -0.39 is 21.4 Å². The summed E-state index contributed by atoms with van der Waals surface area (Å²) in [6.07, 6.45) is 1.40. The van der Waals surface area contributed by atoms with E-state index in [2.05, 4.69) is 15.8 Å². The summed E-state index contributed by atoms with van der Waals surface area (Å²) in [6.45, 7) is 1.43. The van der Waals surface area contributed by atoms with Crippen LogP contribution in [0.1, 0.15) is 41.6 Å². The van der Waals surface area contributed by atoms with Crippen LogP contribution < -0.4 is 15.2 Å². The Balaban J connectivity index is 1.53. The molecule has 0 radical (unpaired) electrons. The van der Waals surface area contributed by atoms with Gasteiger partial charge in [0.25, 0.3) is 5.91 Å². The fourth-order valence-electron chi connectivity index (χ4n) is 4.61. The van der Waals surface area contributed by atoms with Crippen molar-refractivity contribution < 1.29 is 17.6 Å². The first-order valence-corrected chi connectivity index (χ1v) is 13.4. The molecule has 4 rings (SSSR count). The number of halogens is 2. The van der Waals surface area contributed by atoms with Gasteiger partial charge in [-0.25, -0.2) is 18.2 Å². The zero-order valence-electron chi connectivity index (χ0n) is 19.1. The van der Waals surface area contributed by atoms with Gasteiger partial charge < -0.3 is 4.90 Å². The summed E-state index contributed by atoms with van der Waals surface area (Å²) in [5.74, 6) is -0.273. The lowest BCUT2D eigenvalue weighted by molar-refractivity contribution is 0.0424. The normalized spacial score (nSPS) is 21.6. The third kappa shape index (κ3) is 5.54. The fourth-order valence-corrected chi connectivity index (χ4v) is 6.70. The first-order chi connectivity index (χ1) is 16.3. The zero-order valence-corrected chi connectivity index (χ0v) is 20.7. The summed E-state index contributed by atoms with van der Waals surface area (Å²) in [5.41, 5.74) is 6.83. The third-order valence-electron chi connectivity index (χ3n) is 6.65. The highest BCUT2D eigenvalue weighted by atomic mass is 35.5. The average molecular weight is 509 g/mol. The molecule has 1 heterocycles. The number of carbonyl (C=O) groups excluding carboxylic acids is 1. The quantitative estimate of drug-likeness (QED) is 0.533. The number of anilines is 1. The maximum Gasteiger partial charge on any atom is 0.265 e. The van der Waals surface area contributed by atoms with Crippen molar-refractivity contribution in [2.45, 2.75) is 49.7 Å². The number of rotatable bonds is 8. The van der Waals surface area contributed by atoms with Crippen molar-refractivity contribution >= 4 is 33.2 Å². The lowest BCUT2D eigenvalue weighted by Gasteiger charge is -2.43. The minimum absolute atomic E-state index is 0.128. The molecule has 34 heavy (non-hydrogen) atoms. The topological polar surface area (TPSA) is 81.7 Å². The second kappa shape index (κ2) is 10.6. The third-order valence-corrected chi connectivity index (χ3v) is 9.16. The van der Waals surface area contributed by atoms with Crippen molar-refractivity contribution in [1.29, 1.82) is 0 Å². The van der Waals surface area contributed by atoms with Gasteiger partial charge in [-0.15, -0.1) is 0 Å². The van der Waals surface area contributed by atoms with Gasteiger partial charge in [0, 0.05) is 23.7 Å². The molecule has 1 aliphatic heterocycles. The number of alkyl halides is 1. The molecule has 0 aromatic heterocycles. The van der Waals surface area contributed by atoms with Crippen molar-refractivity contribution in [2.24, 2.45) is 0 Å². The summed E-state index contributed by atoms with van der Waals surface area (Å²) in [6, 6.07) is 13.9. The molecule has 0 bridgehead atoms. The Bertz CT molecular complexity index is 1100. The Morgan fingerprint density at radius 1 is 1.15 bits per heavy atom. The standard InChI is InChI=1S/C24H30ClFN4O3S/c1-27-28-24(31)18-7-5-17(6-8-18)16-30(21-4-2-3-19(25)13-21)34(32,33)23-9-11-29(12-10-23)22-14-20(26)15-22/h2-8,13,20,22-23,27H,9-12,14-16H2,1H3,(H,28,31). The number of hydrogen-bond acceptors (Lipinski definition) is 5. The average Bonchev–Trinajstić information content (AvgIpc) is 2.81. The molecule has 10 heteroatoms.